The quantitative estimate of drug-likeness (QED) is 0.487. The minimum absolute atomic E-state index is 0.0180. The van der Waals surface area contributed by atoms with E-state index in [1.54, 1.807) is 24.3 Å². The lowest BCUT2D eigenvalue weighted by Gasteiger charge is -2.10. The number of aryl methyl sites for hydroxylation is 1. The number of nitro groups is 1. The van der Waals surface area contributed by atoms with Crippen LogP contribution >= 0.6 is 11.6 Å². The van der Waals surface area contributed by atoms with Gasteiger partial charge in [0.1, 0.15) is 11.4 Å². The van der Waals surface area contributed by atoms with E-state index in [1.807, 2.05) is 13.8 Å². The fourth-order valence-electron chi connectivity index (χ4n) is 1.92. The molecule has 7 heteroatoms. The second kappa shape index (κ2) is 6.05. The van der Waals surface area contributed by atoms with Crippen LogP contribution in [0.1, 0.15) is 19.5 Å². The number of hydrogen-bond acceptors (Lipinski definition) is 5. The molecular formula is C14H14ClN3O3. The Hall–Kier alpha value is -2.21. The standard InChI is InChI=1S/C14H14ClN3O3/c1-8(2)21-11-6-4-10(5-7-11)12-13(18(19)20)9(3)16-14(15)17-12/h4-8H,1-3H3. The Morgan fingerprint density at radius 3 is 2.38 bits per heavy atom. The maximum Gasteiger partial charge on any atom is 0.316 e. The van der Waals surface area contributed by atoms with Gasteiger partial charge in [-0.05, 0) is 56.6 Å². The van der Waals surface area contributed by atoms with Crippen LogP contribution in [0.15, 0.2) is 24.3 Å². The largest absolute Gasteiger partial charge is 0.491 e. The van der Waals surface area contributed by atoms with Crippen LogP contribution in [0.2, 0.25) is 5.28 Å². The molecule has 6 nitrogen and oxygen atoms in total. The van der Waals surface area contributed by atoms with Crippen LogP contribution in [0.25, 0.3) is 11.3 Å². The van der Waals surface area contributed by atoms with E-state index in [1.165, 1.54) is 6.92 Å². The molecule has 0 saturated carbocycles. The Kier molecular flexibility index (Phi) is 4.37. The summed E-state index contributed by atoms with van der Waals surface area (Å²) in [4.78, 5) is 18.5. The molecule has 0 fully saturated rings. The topological polar surface area (TPSA) is 78.2 Å². The third-order valence-corrected chi connectivity index (χ3v) is 2.88. The van der Waals surface area contributed by atoms with Crippen molar-refractivity contribution in [3.05, 3.63) is 45.4 Å². The molecule has 0 aliphatic heterocycles. The average molecular weight is 308 g/mol. The molecule has 0 aliphatic rings. The molecule has 0 unspecified atom stereocenters. The van der Waals surface area contributed by atoms with Gasteiger partial charge < -0.3 is 4.74 Å². The van der Waals surface area contributed by atoms with Crippen molar-refractivity contribution in [2.24, 2.45) is 0 Å². The molecule has 0 atom stereocenters. The predicted molar refractivity (Wildman–Crippen MR) is 79.6 cm³/mol. The van der Waals surface area contributed by atoms with Crippen molar-refractivity contribution in [2.45, 2.75) is 26.9 Å². The highest BCUT2D eigenvalue weighted by Crippen LogP contribution is 2.32. The lowest BCUT2D eigenvalue weighted by molar-refractivity contribution is -0.385. The number of nitrogens with zero attached hydrogens (tertiary/aromatic N) is 3. The summed E-state index contributed by atoms with van der Waals surface area (Å²) < 4.78 is 5.54. The summed E-state index contributed by atoms with van der Waals surface area (Å²) in [7, 11) is 0. The van der Waals surface area contributed by atoms with Crippen LogP contribution in [0.3, 0.4) is 0 Å². The van der Waals surface area contributed by atoms with E-state index in [4.69, 9.17) is 16.3 Å². The molecule has 0 radical (unpaired) electrons. The Bertz CT molecular complexity index is 672. The van der Waals surface area contributed by atoms with Crippen LogP contribution in [-0.2, 0) is 0 Å². The SMILES string of the molecule is Cc1nc(Cl)nc(-c2ccc(OC(C)C)cc2)c1[N+](=O)[O-]. The fourth-order valence-corrected chi connectivity index (χ4v) is 2.13. The average Bonchev–Trinajstić information content (AvgIpc) is 2.37. The summed E-state index contributed by atoms with van der Waals surface area (Å²) in [5.41, 5.74) is 0.883. The van der Waals surface area contributed by atoms with Crippen LogP contribution in [0.5, 0.6) is 5.75 Å². The third-order valence-electron chi connectivity index (χ3n) is 2.71. The van der Waals surface area contributed by atoms with Gasteiger partial charge in [-0.2, -0.15) is 0 Å². The van der Waals surface area contributed by atoms with Crippen molar-refractivity contribution in [1.82, 2.24) is 9.97 Å². The minimum Gasteiger partial charge on any atom is -0.491 e. The summed E-state index contributed by atoms with van der Waals surface area (Å²) in [6.07, 6.45) is 0.0564. The van der Waals surface area contributed by atoms with Crippen LogP contribution in [-0.4, -0.2) is 21.0 Å². The van der Waals surface area contributed by atoms with Crippen molar-refractivity contribution >= 4 is 17.3 Å². The molecule has 0 aliphatic carbocycles. The monoisotopic (exact) mass is 307 g/mol. The molecule has 1 aromatic heterocycles. The van der Waals surface area contributed by atoms with Gasteiger partial charge in [0, 0.05) is 5.56 Å². The first-order chi connectivity index (χ1) is 9.88. The molecule has 0 N–H and O–H groups in total. The van der Waals surface area contributed by atoms with E-state index in [0.29, 0.717) is 11.3 Å². The smallest absolute Gasteiger partial charge is 0.316 e. The minimum atomic E-state index is -0.500. The zero-order valence-electron chi connectivity index (χ0n) is 11.8. The van der Waals surface area contributed by atoms with Gasteiger partial charge in [0.05, 0.1) is 11.0 Å². The zero-order valence-corrected chi connectivity index (χ0v) is 12.6. The van der Waals surface area contributed by atoms with E-state index < -0.39 is 4.92 Å². The molecular weight excluding hydrogens is 294 g/mol. The number of rotatable bonds is 4. The van der Waals surface area contributed by atoms with Gasteiger partial charge in [-0.3, -0.25) is 10.1 Å². The van der Waals surface area contributed by atoms with Crippen molar-refractivity contribution in [3.63, 3.8) is 0 Å². The molecule has 1 heterocycles. The molecule has 2 aromatic rings. The number of halogens is 1. The van der Waals surface area contributed by atoms with Gasteiger partial charge in [-0.25, -0.2) is 9.97 Å². The Balaban J connectivity index is 2.48. The molecule has 110 valence electrons. The van der Waals surface area contributed by atoms with E-state index in [9.17, 15) is 10.1 Å². The second-order valence-electron chi connectivity index (χ2n) is 4.72. The van der Waals surface area contributed by atoms with Crippen LogP contribution in [0, 0.1) is 17.0 Å². The van der Waals surface area contributed by atoms with Crippen LogP contribution < -0.4 is 4.74 Å². The first kappa shape index (κ1) is 15.2. The normalized spacial score (nSPS) is 10.7. The molecule has 0 saturated heterocycles. The van der Waals surface area contributed by atoms with Gasteiger partial charge >= 0.3 is 5.69 Å². The number of benzene rings is 1. The summed E-state index contributed by atoms with van der Waals surface area (Å²) in [6, 6.07) is 6.90. The fraction of sp³-hybridized carbons (Fsp3) is 0.286. The molecule has 21 heavy (non-hydrogen) atoms. The first-order valence-corrected chi connectivity index (χ1v) is 6.72. The van der Waals surface area contributed by atoms with E-state index in [2.05, 4.69) is 9.97 Å². The zero-order chi connectivity index (χ0) is 15.6. The highest BCUT2D eigenvalue weighted by Gasteiger charge is 2.22. The molecule has 2 rings (SSSR count). The molecule has 1 aromatic carbocycles. The Morgan fingerprint density at radius 1 is 1.24 bits per heavy atom. The van der Waals surface area contributed by atoms with E-state index in [0.717, 1.165) is 0 Å². The third kappa shape index (κ3) is 3.46. The Labute approximate surface area is 126 Å². The van der Waals surface area contributed by atoms with Gasteiger partial charge in [-0.1, -0.05) is 0 Å². The van der Waals surface area contributed by atoms with E-state index >= 15 is 0 Å². The van der Waals surface area contributed by atoms with Gasteiger partial charge in [0.25, 0.3) is 0 Å². The van der Waals surface area contributed by atoms with Crippen LogP contribution in [0.4, 0.5) is 5.69 Å². The molecule has 0 amide bonds. The lowest BCUT2D eigenvalue weighted by atomic mass is 10.1. The lowest BCUT2D eigenvalue weighted by Crippen LogP contribution is -2.05. The van der Waals surface area contributed by atoms with Crippen molar-refractivity contribution in [3.8, 4) is 17.0 Å². The maximum atomic E-state index is 11.2. The van der Waals surface area contributed by atoms with E-state index in [-0.39, 0.29) is 28.5 Å². The summed E-state index contributed by atoms with van der Waals surface area (Å²) in [5, 5.41) is 11.2. The predicted octanol–water partition coefficient (Wildman–Crippen LogP) is 3.80. The van der Waals surface area contributed by atoms with Gasteiger partial charge in [0.2, 0.25) is 5.28 Å². The maximum absolute atomic E-state index is 11.2. The number of ether oxygens (including phenoxy) is 1. The van der Waals surface area contributed by atoms with Crippen molar-refractivity contribution < 1.29 is 9.66 Å². The van der Waals surface area contributed by atoms with Crippen molar-refractivity contribution in [2.75, 3.05) is 0 Å². The van der Waals surface area contributed by atoms with Crippen molar-refractivity contribution in [1.29, 1.82) is 0 Å². The summed E-state index contributed by atoms with van der Waals surface area (Å²) in [5.74, 6) is 0.688. The van der Waals surface area contributed by atoms with Gasteiger partial charge in [-0.15, -0.1) is 0 Å². The first-order valence-electron chi connectivity index (χ1n) is 6.34. The summed E-state index contributed by atoms with van der Waals surface area (Å²) >= 11 is 5.81. The second-order valence-corrected chi connectivity index (χ2v) is 5.06. The molecule has 0 spiro atoms. The Morgan fingerprint density at radius 2 is 1.86 bits per heavy atom. The summed E-state index contributed by atoms with van der Waals surface area (Å²) in [6.45, 7) is 5.38. The molecule has 0 bridgehead atoms. The number of aromatic nitrogens is 2. The highest BCUT2D eigenvalue weighted by atomic mass is 35.5. The van der Waals surface area contributed by atoms with Gasteiger partial charge in [0.15, 0.2) is 5.69 Å². The number of hydrogen-bond donors (Lipinski definition) is 0. The highest BCUT2D eigenvalue weighted by molar-refractivity contribution is 6.28.